The van der Waals surface area contributed by atoms with Gasteiger partial charge in [0.1, 0.15) is 0 Å². The number of carbonyl (C=O) groups excluding carboxylic acids is 2. The van der Waals surface area contributed by atoms with Crippen molar-refractivity contribution in [2.45, 2.75) is 44.9 Å². The molecule has 2 aromatic carbocycles. The highest BCUT2D eigenvalue weighted by Crippen LogP contribution is 2.23. The minimum atomic E-state index is -0.0937. The van der Waals surface area contributed by atoms with Gasteiger partial charge in [0.25, 0.3) is 0 Å². The third kappa shape index (κ3) is 5.03. The lowest BCUT2D eigenvalue weighted by atomic mass is 9.89. The molecule has 1 N–H and O–H groups in total. The molecule has 30 heavy (non-hydrogen) atoms. The van der Waals surface area contributed by atoms with Crippen molar-refractivity contribution in [2.75, 3.05) is 6.54 Å². The second-order valence-electron chi connectivity index (χ2n) is 7.80. The molecule has 154 valence electrons. The van der Waals surface area contributed by atoms with E-state index in [-0.39, 0.29) is 24.5 Å². The van der Waals surface area contributed by atoms with Crippen LogP contribution in [0, 0.1) is 0 Å². The Labute approximate surface area is 177 Å². The highest BCUT2D eigenvalue weighted by atomic mass is 16.2. The van der Waals surface area contributed by atoms with Crippen LogP contribution in [0.15, 0.2) is 60.8 Å². The standard InChI is InChI=1S/C25H27N3O2/c29-24(21-11-10-19-6-4-5-7-20(19)18-21)12-13-25(30)26-16-14-22-15-17-28(27-22)23-8-2-1-3-9-23/h1-3,8-11,15,17-18H,4-7,12-14,16H2,(H,26,30). The molecular formula is C25H27N3O2. The van der Waals surface area contributed by atoms with Crippen molar-refractivity contribution in [1.29, 1.82) is 0 Å². The van der Waals surface area contributed by atoms with Crippen molar-refractivity contribution in [3.8, 4) is 5.69 Å². The maximum atomic E-state index is 12.5. The molecule has 1 aromatic heterocycles. The first-order valence-electron chi connectivity index (χ1n) is 10.7. The summed E-state index contributed by atoms with van der Waals surface area (Å²) in [6.45, 7) is 0.512. The van der Waals surface area contributed by atoms with E-state index in [1.165, 1.54) is 24.0 Å². The van der Waals surface area contributed by atoms with E-state index in [2.05, 4.69) is 16.5 Å². The first kappa shape index (κ1) is 20.1. The molecule has 0 spiro atoms. The third-order valence-corrected chi connectivity index (χ3v) is 5.62. The van der Waals surface area contributed by atoms with Crippen LogP contribution in [0.5, 0.6) is 0 Å². The van der Waals surface area contributed by atoms with Crippen LogP contribution in [0.1, 0.15) is 52.9 Å². The molecule has 0 atom stereocenters. The molecule has 0 unspecified atom stereocenters. The number of ketones is 1. The molecular weight excluding hydrogens is 374 g/mol. The smallest absolute Gasteiger partial charge is 0.220 e. The molecule has 4 rings (SSSR count). The molecule has 0 fully saturated rings. The van der Waals surface area contributed by atoms with Crippen LogP contribution >= 0.6 is 0 Å². The minimum Gasteiger partial charge on any atom is -0.356 e. The highest BCUT2D eigenvalue weighted by molar-refractivity contribution is 5.98. The van der Waals surface area contributed by atoms with Gasteiger partial charge < -0.3 is 5.32 Å². The van der Waals surface area contributed by atoms with Gasteiger partial charge in [-0.2, -0.15) is 5.10 Å². The van der Waals surface area contributed by atoms with Crippen molar-refractivity contribution in [3.63, 3.8) is 0 Å². The van der Waals surface area contributed by atoms with Crippen molar-refractivity contribution < 1.29 is 9.59 Å². The molecule has 5 heteroatoms. The van der Waals surface area contributed by atoms with E-state index < -0.39 is 0 Å². The number of aromatic nitrogens is 2. The number of benzene rings is 2. The van der Waals surface area contributed by atoms with Crippen LogP contribution in [0.4, 0.5) is 0 Å². The van der Waals surface area contributed by atoms with E-state index >= 15 is 0 Å². The fourth-order valence-electron chi connectivity index (χ4n) is 3.92. The summed E-state index contributed by atoms with van der Waals surface area (Å²) in [7, 11) is 0. The normalized spacial score (nSPS) is 12.9. The van der Waals surface area contributed by atoms with Crippen LogP contribution in [0.2, 0.25) is 0 Å². The number of aryl methyl sites for hydroxylation is 2. The van der Waals surface area contributed by atoms with Crippen LogP contribution < -0.4 is 5.32 Å². The summed E-state index contributed by atoms with van der Waals surface area (Å²) in [4.78, 5) is 24.6. The number of rotatable bonds is 8. The van der Waals surface area contributed by atoms with Gasteiger partial charge in [-0.15, -0.1) is 0 Å². The number of hydrogen-bond donors (Lipinski definition) is 1. The molecule has 0 saturated carbocycles. The van der Waals surface area contributed by atoms with Crippen LogP contribution in [0.3, 0.4) is 0 Å². The number of fused-ring (bicyclic) bond motifs is 1. The first-order chi connectivity index (χ1) is 14.7. The summed E-state index contributed by atoms with van der Waals surface area (Å²) >= 11 is 0. The minimum absolute atomic E-state index is 0.0418. The van der Waals surface area contributed by atoms with Crippen LogP contribution in [-0.2, 0) is 24.1 Å². The average Bonchev–Trinajstić information content (AvgIpc) is 3.26. The van der Waals surface area contributed by atoms with E-state index in [1.54, 1.807) is 0 Å². The van der Waals surface area contributed by atoms with Gasteiger partial charge in [0.05, 0.1) is 11.4 Å². The number of nitrogens with one attached hydrogen (secondary N) is 1. The van der Waals surface area contributed by atoms with Crippen LogP contribution in [0.25, 0.3) is 5.69 Å². The van der Waals surface area contributed by atoms with Crippen LogP contribution in [-0.4, -0.2) is 28.0 Å². The van der Waals surface area contributed by atoms with Crippen molar-refractivity contribution >= 4 is 11.7 Å². The molecule has 1 aliphatic rings. The first-order valence-corrected chi connectivity index (χ1v) is 10.7. The highest BCUT2D eigenvalue weighted by Gasteiger charge is 2.14. The molecule has 0 saturated heterocycles. The number of para-hydroxylation sites is 1. The average molecular weight is 402 g/mol. The lowest BCUT2D eigenvalue weighted by Crippen LogP contribution is -2.26. The molecule has 1 heterocycles. The predicted octanol–water partition coefficient (Wildman–Crippen LogP) is 4.07. The Balaban J connectivity index is 1.21. The van der Waals surface area contributed by atoms with Gasteiger partial charge in [0.2, 0.25) is 5.91 Å². The Morgan fingerprint density at radius 3 is 2.57 bits per heavy atom. The Kier molecular flexibility index (Phi) is 6.38. The zero-order valence-electron chi connectivity index (χ0n) is 17.1. The predicted molar refractivity (Wildman–Crippen MR) is 117 cm³/mol. The lowest BCUT2D eigenvalue weighted by Gasteiger charge is -2.16. The van der Waals surface area contributed by atoms with Crippen molar-refractivity contribution in [3.05, 3.63) is 83.2 Å². The molecule has 1 amide bonds. The van der Waals surface area contributed by atoms with Gasteiger partial charge in [0, 0.05) is 37.6 Å². The number of amides is 1. The Morgan fingerprint density at radius 2 is 1.73 bits per heavy atom. The SMILES string of the molecule is O=C(CCC(=O)c1ccc2c(c1)CCCC2)NCCc1ccn(-c2ccccc2)n1. The van der Waals surface area contributed by atoms with Gasteiger partial charge in [0.15, 0.2) is 5.78 Å². The second kappa shape index (κ2) is 9.53. The van der Waals surface area contributed by atoms with Crippen molar-refractivity contribution in [2.24, 2.45) is 0 Å². The monoisotopic (exact) mass is 401 g/mol. The van der Waals surface area contributed by atoms with Gasteiger partial charge in [-0.25, -0.2) is 4.68 Å². The van der Waals surface area contributed by atoms with E-state index in [0.717, 1.165) is 29.8 Å². The third-order valence-electron chi connectivity index (χ3n) is 5.62. The lowest BCUT2D eigenvalue weighted by molar-refractivity contribution is -0.121. The summed E-state index contributed by atoms with van der Waals surface area (Å²) < 4.78 is 1.83. The number of Topliss-reactive ketones (excluding diaryl/α,β-unsaturated/α-hetero) is 1. The summed E-state index contributed by atoms with van der Waals surface area (Å²) in [6, 6.07) is 17.9. The number of carbonyl (C=O) groups is 2. The Bertz CT molecular complexity index is 1020. The van der Waals surface area contributed by atoms with E-state index in [4.69, 9.17) is 0 Å². The summed E-state index contributed by atoms with van der Waals surface area (Å²) in [5.41, 5.74) is 5.32. The summed E-state index contributed by atoms with van der Waals surface area (Å²) in [6.07, 6.45) is 7.62. The maximum absolute atomic E-state index is 12.5. The van der Waals surface area contributed by atoms with E-state index in [9.17, 15) is 9.59 Å². The van der Waals surface area contributed by atoms with Gasteiger partial charge in [-0.3, -0.25) is 9.59 Å². The Hall–Kier alpha value is -3.21. The second-order valence-corrected chi connectivity index (χ2v) is 7.80. The quantitative estimate of drug-likeness (QED) is 0.579. The van der Waals surface area contributed by atoms with Gasteiger partial charge >= 0.3 is 0 Å². The topological polar surface area (TPSA) is 64.0 Å². The summed E-state index contributed by atoms with van der Waals surface area (Å²) in [5.74, 6) is -0.0519. The molecule has 0 bridgehead atoms. The molecule has 1 aliphatic carbocycles. The molecule has 5 nitrogen and oxygen atoms in total. The van der Waals surface area contributed by atoms with E-state index in [0.29, 0.717) is 13.0 Å². The fraction of sp³-hybridized carbons (Fsp3) is 0.320. The largest absolute Gasteiger partial charge is 0.356 e. The van der Waals surface area contributed by atoms with Gasteiger partial charge in [-0.05, 0) is 61.1 Å². The van der Waals surface area contributed by atoms with Crippen molar-refractivity contribution in [1.82, 2.24) is 15.1 Å². The zero-order chi connectivity index (χ0) is 20.8. The Morgan fingerprint density at radius 1 is 0.933 bits per heavy atom. The fourth-order valence-corrected chi connectivity index (χ4v) is 3.92. The maximum Gasteiger partial charge on any atom is 0.220 e. The molecule has 0 aliphatic heterocycles. The number of nitrogens with zero attached hydrogens (tertiary/aromatic N) is 2. The zero-order valence-corrected chi connectivity index (χ0v) is 17.1. The number of hydrogen-bond acceptors (Lipinski definition) is 3. The molecule has 0 radical (unpaired) electrons. The summed E-state index contributed by atoms with van der Waals surface area (Å²) in [5, 5.41) is 7.43. The van der Waals surface area contributed by atoms with E-state index in [1.807, 2.05) is 59.4 Å². The van der Waals surface area contributed by atoms with Gasteiger partial charge in [-0.1, -0.05) is 30.3 Å². The molecule has 3 aromatic rings.